The van der Waals surface area contributed by atoms with Crippen LogP contribution in [0.3, 0.4) is 0 Å². The Morgan fingerprint density at radius 1 is 1.03 bits per heavy atom. The number of hydrogen-bond acceptors (Lipinski definition) is 4. The van der Waals surface area contributed by atoms with Crippen molar-refractivity contribution in [3.63, 3.8) is 0 Å². The summed E-state index contributed by atoms with van der Waals surface area (Å²) >= 11 is 0. The number of carbonyl (C=O) groups excluding carboxylic acids is 2. The smallest absolute Gasteiger partial charge is 0.331 e. The van der Waals surface area contributed by atoms with E-state index in [1.54, 1.807) is 0 Å². The van der Waals surface area contributed by atoms with E-state index in [4.69, 9.17) is 4.74 Å². The molecule has 0 bridgehead atoms. The van der Waals surface area contributed by atoms with Crippen LogP contribution in [0.4, 0.5) is 0 Å². The zero-order valence-electron chi connectivity index (χ0n) is 18.0. The van der Waals surface area contributed by atoms with Gasteiger partial charge in [0.25, 0.3) is 0 Å². The molecule has 1 fully saturated rings. The molecule has 1 aliphatic heterocycles. The Morgan fingerprint density at radius 3 is 2.20 bits per heavy atom. The van der Waals surface area contributed by atoms with Crippen LogP contribution in [0.25, 0.3) is 0 Å². The first-order valence-electron chi connectivity index (χ1n) is 10.7. The highest BCUT2D eigenvalue weighted by atomic mass is 16.5. The number of methoxy groups -OCH3 is 1. The molecule has 0 aliphatic carbocycles. The molecule has 3 rings (SSSR count). The number of piperidine rings is 1. The molecule has 0 spiro atoms. The van der Waals surface area contributed by atoms with Crippen molar-refractivity contribution in [1.29, 1.82) is 0 Å². The molecule has 5 heteroatoms. The Morgan fingerprint density at radius 2 is 1.63 bits per heavy atom. The number of esters is 1. The number of nitrogens with zero attached hydrogens (tertiary/aromatic N) is 1. The van der Waals surface area contributed by atoms with Crippen LogP contribution in [0.15, 0.2) is 60.7 Å². The number of amides is 1. The number of benzene rings is 2. The van der Waals surface area contributed by atoms with Crippen molar-refractivity contribution in [2.75, 3.05) is 26.7 Å². The molecule has 30 heavy (non-hydrogen) atoms. The highest BCUT2D eigenvalue weighted by Gasteiger charge is 2.48. The summed E-state index contributed by atoms with van der Waals surface area (Å²) in [5.74, 6) is -0.477. The molecular weight excluding hydrogens is 376 g/mol. The average Bonchev–Trinajstić information content (AvgIpc) is 2.79. The van der Waals surface area contributed by atoms with Crippen LogP contribution in [0.2, 0.25) is 0 Å². The zero-order valence-corrected chi connectivity index (χ0v) is 18.0. The molecule has 5 nitrogen and oxygen atoms in total. The van der Waals surface area contributed by atoms with Crippen molar-refractivity contribution in [2.24, 2.45) is 5.92 Å². The number of nitrogens with one attached hydrogen (secondary N) is 1. The second-order valence-electron chi connectivity index (χ2n) is 8.18. The van der Waals surface area contributed by atoms with Crippen molar-refractivity contribution in [3.8, 4) is 0 Å². The van der Waals surface area contributed by atoms with Gasteiger partial charge in [-0.2, -0.15) is 0 Å². The fourth-order valence-electron chi connectivity index (χ4n) is 4.29. The molecule has 1 N–H and O–H groups in total. The lowest BCUT2D eigenvalue weighted by molar-refractivity contribution is -0.156. The molecule has 1 unspecified atom stereocenters. The van der Waals surface area contributed by atoms with Gasteiger partial charge in [-0.25, -0.2) is 4.79 Å². The third kappa shape index (κ3) is 5.48. The second kappa shape index (κ2) is 10.4. The summed E-state index contributed by atoms with van der Waals surface area (Å²) in [4.78, 5) is 27.8. The van der Waals surface area contributed by atoms with E-state index in [0.29, 0.717) is 19.3 Å². The van der Waals surface area contributed by atoms with Crippen molar-refractivity contribution in [1.82, 2.24) is 10.2 Å². The molecule has 0 radical (unpaired) electrons. The Balaban J connectivity index is 1.59. The van der Waals surface area contributed by atoms with Gasteiger partial charge in [-0.3, -0.25) is 4.79 Å². The van der Waals surface area contributed by atoms with E-state index < -0.39 is 5.54 Å². The minimum atomic E-state index is -0.953. The van der Waals surface area contributed by atoms with Gasteiger partial charge >= 0.3 is 5.97 Å². The molecule has 2 aromatic carbocycles. The Hall–Kier alpha value is -2.66. The maximum Gasteiger partial charge on any atom is 0.331 e. The van der Waals surface area contributed by atoms with Gasteiger partial charge in [0.1, 0.15) is 5.54 Å². The standard InChI is InChI=1S/C25H32N2O3/c1-20-19-27(17-15-22-11-7-4-8-12-22)18-16-25(20,24(29)30-2)26-23(28)14-13-21-9-5-3-6-10-21/h3-12,20H,13-19H2,1-2H3,(H,26,28)/t20-,25?/m0/s1. The summed E-state index contributed by atoms with van der Waals surface area (Å²) in [6, 6.07) is 20.3. The number of likely N-dealkylation sites (tertiary alicyclic amines) is 1. The minimum absolute atomic E-state index is 0.0323. The summed E-state index contributed by atoms with van der Waals surface area (Å²) in [5, 5.41) is 3.06. The summed E-state index contributed by atoms with van der Waals surface area (Å²) in [6.07, 6.45) is 2.55. The van der Waals surface area contributed by atoms with Gasteiger partial charge in [0.05, 0.1) is 7.11 Å². The zero-order chi connectivity index (χ0) is 21.4. The van der Waals surface area contributed by atoms with E-state index in [0.717, 1.165) is 31.6 Å². The minimum Gasteiger partial charge on any atom is -0.467 e. The van der Waals surface area contributed by atoms with Crippen LogP contribution in [0, 0.1) is 5.92 Å². The number of hydrogen-bond donors (Lipinski definition) is 1. The molecule has 0 aromatic heterocycles. The first-order chi connectivity index (χ1) is 14.5. The quantitative estimate of drug-likeness (QED) is 0.682. The van der Waals surface area contributed by atoms with E-state index in [-0.39, 0.29) is 17.8 Å². The first kappa shape index (κ1) is 22.0. The van der Waals surface area contributed by atoms with Gasteiger partial charge < -0.3 is 15.0 Å². The third-order valence-electron chi connectivity index (χ3n) is 6.15. The SMILES string of the molecule is COC(=O)C1(NC(=O)CCc2ccccc2)CCN(CCc2ccccc2)C[C@@H]1C. The topological polar surface area (TPSA) is 58.6 Å². The highest BCUT2D eigenvalue weighted by Crippen LogP contribution is 2.30. The molecule has 160 valence electrons. The van der Waals surface area contributed by atoms with Crippen molar-refractivity contribution < 1.29 is 14.3 Å². The van der Waals surface area contributed by atoms with Gasteiger partial charge in [-0.1, -0.05) is 67.6 Å². The molecule has 1 saturated heterocycles. The van der Waals surface area contributed by atoms with Crippen LogP contribution in [0.5, 0.6) is 0 Å². The average molecular weight is 409 g/mol. The molecule has 2 atom stereocenters. The third-order valence-corrected chi connectivity index (χ3v) is 6.15. The van der Waals surface area contributed by atoms with Crippen LogP contribution in [-0.2, 0) is 27.2 Å². The van der Waals surface area contributed by atoms with Gasteiger partial charge in [0.15, 0.2) is 0 Å². The summed E-state index contributed by atoms with van der Waals surface area (Å²) in [6.45, 7) is 4.47. The molecule has 2 aromatic rings. The Bertz CT molecular complexity index is 825. The van der Waals surface area contributed by atoms with E-state index in [2.05, 4.69) is 34.5 Å². The maximum absolute atomic E-state index is 12.7. The van der Waals surface area contributed by atoms with E-state index in [9.17, 15) is 9.59 Å². The van der Waals surface area contributed by atoms with Gasteiger partial charge in [0.2, 0.25) is 5.91 Å². The van der Waals surface area contributed by atoms with E-state index in [1.165, 1.54) is 12.7 Å². The predicted octanol–water partition coefficient (Wildman–Crippen LogP) is 3.23. The van der Waals surface area contributed by atoms with Crippen molar-refractivity contribution in [2.45, 2.75) is 38.1 Å². The van der Waals surface area contributed by atoms with Gasteiger partial charge in [-0.15, -0.1) is 0 Å². The summed E-state index contributed by atoms with van der Waals surface area (Å²) in [7, 11) is 1.40. The largest absolute Gasteiger partial charge is 0.467 e. The van der Waals surface area contributed by atoms with Crippen LogP contribution in [0.1, 0.15) is 30.9 Å². The molecule has 1 heterocycles. The summed E-state index contributed by atoms with van der Waals surface area (Å²) < 4.78 is 5.12. The molecule has 0 saturated carbocycles. The molecular formula is C25H32N2O3. The lowest BCUT2D eigenvalue weighted by Gasteiger charge is -2.45. The highest BCUT2D eigenvalue weighted by molar-refractivity contribution is 5.88. The Labute approximate surface area is 179 Å². The van der Waals surface area contributed by atoms with Crippen molar-refractivity contribution in [3.05, 3.63) is 71.8 Å². The number of carbonyl (C=O) groups is 2. The normalized spacial score (nSPS) is 21.7. The monoisotopic (exact) mass is 408 g/mol. The lowest BCUT2D eigenvalue weighted by Crippen LogP contribution is -2.65. The first-order valence-corrected chi connectivity index (χ1v) is 10.7. The lowest BCUT2D eigenvalue weighted by atomic mass is 9.78. The van der Waals surface area contributed by atoms with Crippen LogP contribution < -0.4 is 5.32 Å². The fraction of sp³-hybridized carbons (Fsp3) is 0.440. The van der Waals surface area contributed by atoms with Crippen LogP contribution in [-0.4, -0.2) is 49.1 Å². The van der Waals surface area contributed by atoms with Crippen LogP contribution >= 0.6 is 0 Å². The van der Waals surface area contributed by atoms with Crippen molar-refractivity contribution >= 4 is 11.9 Å². The number of rotatable bonds is 8. The second-order valence-corrected chi connectivity index (χ2v) is 8.18. The molecule has 1 amide bonds. The van der Waals surface area contributed by atoms with E-state index >= 15 is 0 Å². The number of ether oxygens (including phenoxy) is 1. The van der Waals surface area contributed by atoms with Gasteiger partial charge in [0, 0.05) is 32.0 Å². The summed E-state index contributed by atoms with van der Waals surface area (Å²) in [5.41, 5.74) is 1.47. The van der Waals surface area contributed by atoms with Gasteiger partial charge in [-0.05, 0) is 30.4 Å². The van der Waals surface area contributed by atoms with E-state index in [1.807, 2.05) is 43.3 Å². The predicted molar refractivity (Wildman–Crippen MR) is 118 cm³/mol. The number of aryl methyl sites for hydroxylation is 1. The molecule has 1 aliphatic rings. The Kier molecular flexibility index (Phi) is 7.63. The fourth-order valence-corrected chi connectivity index (χ4v) is 4.29. The maximum atomic E-state index is 12.7.